The van der Waals surface area contributed by atoms with E-state index in [1.54, 1.807) is 0 Å². The van der Waals surface area contributed by atoms with Gasteiger partial charge in [0.05, 0.1) is 0 Å². The fourth-order valence-electron chi connectivity index (χ4n) is 1.34. The molecule has 0 aromatic carbocycles. The van der Waals surface area contributed by atoms with Crippen molar-refractivity contribution >= 4 is 0 Å². The lowest BCUT2D eigenvalue weighted by atomic mass is 9.84. The van der Waals surface area contributed by atoms with Gasteiger partial charge in [-0.25, -0.2) is 0 Å². The van der Waals surface area contributed by atoms with Crippen LogP contribution in [0, 0.1) is 0 Å². The molecule has 7 N–H and O–H groups in total. The SMILES string of the molecule is NC(CCO)C(N)(CCO)CCO. The lowest BCUT2D eigenvalue weighted by Gasteiger charge is -2.34. The largest absolute Gasteiger partial charge is 0.396 e. The zero-order valence-corrected chi connectivity index (χ0v) is 7.82. The van der Waals surface area contributed by atoms with Gasteiger partial charge in [-0.3, -0.25) is 0 Å². The van der Waals surface area contributed by atoms with E-state index in [1.165, 1.54) is 0 Å². The summed E-state index contributed by atoms with van der Waals surface area (Å²) in [5, 5.41) is 26.2. The van der Waals surface area contributed by atoms with Crippen LogP contribution in [0.25, 0.3) is 0 Å². The number of rotatable bonds is 7. The van der Waals surface area contributed by atoms with Gasteiger partial charge in [0.2, 0.25) is 0 Å². The van der Waals surface area contributed by atoms with Crippen LogP contribution in [0.5, 0.6) is 0 Å². The first kappa shape index (κ1) is 12.8. The molecule has 0 aliphatic rings. The maximum Gasteiger partial charge on any atom is 0.0449 e. The van der Waals surface area contributed by atoms with E-state index < -0.39 is 11.6 Å². The van der Waals surface area contributed by atoms with Gasteiger partial charge in [0, 0.05) is 31.4 Å². The highest BCUT2D eigenvalue weighted by molar-refractivity contribution is 4.93. The summed E-state index contributed by atoms with van der Waals surface area (Å²) in [6.45, 7) is -0.151. The van der Waals surface area contributed by atoms with Gasteiger partial charge in [-0.15, -0.1) is 0 Å². The summed E-state index contributed by atoms with van der Waals surface area (Å²) in [7, 11) is 0. The van der Waals surface area contributed by atoms with E-state index in [-0.39, 0.29) is 19.8 Å². The molecular formula is C8H20N2O3. The van der Waals surface area contributed by atoms with E-state index in [2.05, 4.69) is 0 Å². The average Bonchev–Trinajstić information content (AvgIpc) is 2.05. The van der Waals surface area contributed by atoms with Crippen molar-refractivity contribution in [2.24, 2.45) is 11.5 Å². The molecule has 5 nitrogen and oxygen atoms in total. The summed E-state index contributed by atoms with van der Waals surface area (Å²) in [4.78, 5) is 0. The van der Waals surface area contributed by atoms with Gasteiger partial charge in [0.15, 0.2) is 0 Å². The molecule has 1 atom stereocenters. The van der Waals surface area contributed by atoms with Crippen molar-refractivity contribution in [3.8, 4) is 0 Å². The molecule has 0 aromatic rings. The molecule has 0 aliphatic heterocycles. The Morgan fingerprint density at radius 1 is 1.00 bits per heavy atom. The van der Waals surface area contributed by atoms with Crippen LogP contribution < -0.4 is 11.5 Å². The minimum Gasteiger partial charge on any atom is -0.396 e. The highest BCUT2D eigenvalue weighted by Crippen LogP contribution is 2.17. The molecule has 0 rings (SSSR count). The minimum atomic E-state index is -0.772. The van der Waals surface area contributed by atoms with Crippen LogP contribution in [-0.4, -0.2) is 46.7 Å². The molecule has 5 heteroatoms. The van der Waals surface area contributed by atoms with E-state index in [0.717, 1.165) is 0 Å². The Bertz CT molecular complexity index is 127. The van der Waals surface area contributed by atoms with Crippen molar-refractivity contribution in [2.45, 2.75) is 30.8 Å². The third-order valence-corrected chi connectivity index (χ3v) is 2.33. The maximum atomic E-state index is 8.77. The molecule has 0 fully saturated rings. The zero-order chi connectivity index (χ0) is 10.3. The average molecular weight is 192 g/mol. The van der Waals surface area contributed by atoms with E-state index >= 15 is 0 Å². The number of aliphatic hydroxyl groups is 3. The predicted octanol–water partition coefficient (Wildman–Crippen LogP) is -1.84. The van der Waals surface area contributed by atoms with Gasteiger partial charge in [-0.1, -0.05) is 0 Å². The van der Waals surface area contributed by atoms with Crippen molar-refractivity contribution in [1.82, 2.24) is 0 Å². The predicted molar refractivity (Wildman–Crippen MR) is 50.0 cm³/mol. The highest BCUT2D eigenvalue weighted by atomic mass is 16.3. The Kier molecular flexibility index (Phi) is 6.19. The van der Waals surface area contributed by atoms with E-state index in [9.17, 15) is 0 Å². The quantitative estimate of drug-likeness (QED) is 0.325. The Hall–Kier alpha value is -0.200. The molecule has 0 saturated carbocycles. The lowest BCUT2D eigenvalue weighted by Crippen LogP contribution is -2.56. The van der Waals surface area contributed by atoms with Gasteiger partial charge >= 0.3 is 0 Å². The third kappa shape index (κ3) is 4.02. The molecule has 0 saturated heterocycles. The molecule has 0 spiro atoms. The summed E-state index contributed by atoms with van der Waals surface area (Å²) in [6, 6.07) is -0.392. The van der Waals surface area contributed by atoms with Crippen molar-refractivity contribution in [3.63, 3.8) is 0 Å². The monoisotopic (exact) mass is 192 g/mol. The van der Waals surface area contributed by atoms with Crippen LogP contribution in [0.2, 0.25) is 0 Å². The normalized spacial score (nSPS) is 14.5. The van der Waals surface area contributed by atoms with Crippen molar-refractivity contribution in [1.29, 1.82) is 0 Å². The van der Waals surface area contributed by atoms with Crippen LogP contribution in [0.1, 0.15) is 19.3 Å². The van der Waals surface area contributed by atoms with Crippen molar-refractivity contribution < 1.29 is 15.3 Å². The summed E-state index contributed by atoms with van der Waals surface area (Å²) in [5.41, 5.74) is 10.8. The van der Waals surface area contributed by atoms with Crippen LogP contribution in [-0.2, 0) is 0 Å². The summed E-state index contributed by atoms with van der Waals surface area (Å²) in [5.74, 6) is 0. The summed E-state index contributed by atoms with van der Waals surface area (Å²) in [6.07, 6.45) is 1.07. The van der Waals surface area contributed by atoms with Crippen LogP contribution in [0.4, 0.5) is 0 Å². The number of aliphatic hydroxyl groups excluding tert-OH is 3. The Morgan fingerprint density at radius 2 is 1.46 bits per heavy atom. The highest BCUT2D eigenvalue weighted by Gasteiger charge is 2.30. The zero-order valence-electron chi connectivity index (χ0n) is 7.82. The van der Waals surface area contributed by atoms with E-state index in [4.69, 9.17) is 26.8 Å². The van der Waals surface area contributed by atoms with Crippen molar-refractivity contribution in [2.75, 3.05) is 19.8 Å². The van der Waals surface area contributed by atoms with Gasteiger partial charge in [-0.05, 0) is 19.3 Å². The van der Waals surface area contributed by atoms with Crippen LogP contribution in [0.3, 0.4) is 0 Å². The Balaban J connectivity index is 4.18. The van der Waals surface area contributed by atoms with E-state index in [0.29, 0.717) is 19.3 Å². The van der Waals surface area contributed by atoms with Gasteiger partial charge in [0.25, 0.3) is 0 Å². The first-order valence-corrected chi connectivity index (χ1v) is 4.47. The second kappa shape index (κ2) is 6.28. The van der Waals surface area contributed by atoms with Gasteiger partial charge in [-0.2, -0.15) is 0 Å². The van der Waals surface area contributed by atoms with E-state index in [1.807, 2.05) is 0 Å². The third-order valence-electron chi connectivity index (χ3n) is 2.33. The molecule has 0 amide bonds. The number of hydrogen-bond acceptors (Lipinski definition) is 5. The topological polar surface area (TPSA) is 113 Å². The second-order valence-electron chi connectivity index (χ2n) is 3.30. The molecule has 0 aromatic heterocycles. The standard InChI is InChI=1S/C8H20N2O3/c9-7(1-4-11)8(10,2-5-12)3-6-13/h7,11-13H,1-6,9-10H2. The summed E-state index contributed by atoms with van der Waals surface area (Å²) >= 11 is 0. The molecule has 0 radical (unpaired) electrons. The molecule has 1 unspecified atom stereocenters. The lowest BCUT2D eigenvalue weighted by molar-refractivity contribution is 0.157. The first-order valence-electron chi connectivity index (χ1n) is 4.47. The van der Waals surface area contributed by atoms with Crippen LogP contribution >= 0.6 is 0 Å². The fourth-order valence-corrected chi connectivity index (χ4v) is 1.34. The Labute approximate surface area is 78.4 Å². The molecule has 0 aliphatic carbocycles. The second-order valence-corrected chi connectivity index (χ2v) is 3.30. The molecule has 80 valence electrons. The first-order chi connectivity index (χ1) is 6.10. The van der Waals surface area contributed by atoms with Gasteiger partial charge in [0.1, 0.15) is 0 Å². The maximum absolute atomic E-state index is 8.77. The summed E-state index contributed by atoms with van der Waals surface area (Å²) < 4.78 is 0. The fraction of sp³-hybridized carbons (Fsp3) is 1.00. The molecule has 0 heterocycles. The Morgan fingerprint density at radius 3 is 1.77 bits per heavy atom. The van der Waals surface area contributed by atoms with Crippen LogP contribution in [0.15, 0.2) is 0 Å². The van der Waals surface area contributed by atoms with Gasteiger partial charge < -0.3 is 26.8 Å². The molecule has 13 heavy (non-hydrogen) atoms. The number of nitrogens with two attached hydrogens (primary N) is 2. The molecule has 0 bridgehead atoms. The van der Waals surface area contributed by atoms with Crippen molar-refractivity contribution in [3.05, 3.63) is 0 Å². The minimum absolute atomic E-state index is 0.0308. The number of hydrogen-bond donors (Lipinski definition) is 5. The molecular weight excluding hydrogens is 172 g/mol. The smallest absolute Gasteiger partial charge is 0.0449 e.